The van der Waals surface area contributed by atoms with Crippen LogP contribution in [0.5, 0.6) is 17.2 Å². The number of nitrogens with zero attached hydrogens (tertiary/aromatic N) is 1. The fourth-order valence-corrected chi connectivity index (χ4v) is 5.93. The number of hydrogen-bond acceptors (Lipinski definition) is 7. The van der Waals surface area contributed by atoms with E-state index >= 15 is 0 Å². The van der Waals surface area contributed by atoms with Crippen LogP contribution in [0.25, 0.3) is 22.3 Å². The maximum absolute atomic E-state index is 13.7. The normalized spacial score (nSPS) is 11.4. The predicted molar refractivity (Wildman–Crippen MR) is 146 cm³/mol. The maximum Gasteiger partial charge on any atom is 0.271 e. The lowest BCUT2D eigenvalue weighted by Gasteiger charge is -2.19. The molecule has 10 heteroatoms. The highest BCUT2D eigenvalue weighted by Gasteiger charge is 2.31. The molecule has 0 aliphatic rings. The van der Waals surface area contributed by atoms with Gasteiger partial charge in [-0.1, -0.05) is 31.5 Å². The van der Waals surface area contributed by atoms with E-state index in [9.17, 15) is 22.7 Å². The quantitative estimate of drug-likeness (QED) is 0.265. The summed E-state index contributed by atoms with van der Waals surface area (Å²) < 4.78 is 51.9. The Bertz CT molecular complexity index is 1660. The number of halogens is 1. The van der Waals surface area contributed by atoms with Crippen molar-refractivity contribution in [1.29, 1.82) is 0 Å². The summed E-state index contributed by atoms with van der Waals surface area (Å²) in [6.07, 6.45) is 1.88. The molecule has 0 spiro atoms. The number of aromatic nitrogens is 2. The Hall–Kier alpha value is -4.18. The SMILES string of the molecule is CCCCc1[nH]c(=O)c(S(=O)(=O)c2ccc(-c3ccc(F)nc3C)cc2)c(O)c1-c1c(OC)cccc1OC. The molecule has 2 aromatic heterocycles. The average Bonchev–Trinajstić information content (AvgIpc) is 2.91. The first-order valence-corrected chi connectivity index (χ1v) is 13.8. The molecule has 0 unspecified atom stereocenters. The summed E-state index contributed by atoms with van der Waals surface area (Å²) >= 11 is 0. The number of H-pyrrole nitrogens is 1. The van der Waals surface area contributed by atoms with E-state index in [0.717, 1.165) is 6.42 Å². The van der Waals surface area contributed by atoms with Gasteiger partial charge in [-0.15, -0.1) is 0 Å². The second-order valence-electron chi connectivity index (χ2n) is 8.92. The molecule has 4 rings (SSSR count). The summed E-state index contributed by atoms with van der Waals surface area (Å²) in [6, 6.07) is 13.5. The van der Waals surface area contributed by atoms with Crippen LogP contribution in [0, 0.1) is 12.9 Å². The molecule has 0 saturated carbocycles. The summed E-state index contributed by atoms with van der Waals surface area (Å²) in [5, 5.41) is 11.5. The summed E-state index contributed by atoms with van der Waals surface area (Å²) in [4.78, 5) is 18.7. The molecule has 0 atom stereocenters. The van der Waals surface area contributed by atoms with Crippen LogP contribution in [0.2, 0.25) is 0 Å². The van der Waals surface area contributed by atoms with Gasteiger partial charge in [-0.25, -0.2) is 13.4 Å². The van der Waals surface area contributed by atoms with Gasteiger partial charge >= 0.3 is 0 Å². The molecule has 4 aromatic rings. The average molecular weight is 553 g/mol. The van der Waals surface area contributed by atoms with Crippen molar-refractivity contribution in [3.8, 4) is 39.5 Å². The van der Waals surface area contributed by atoms with Crippen molar-refractivity contribution in [2.24, 2.45) is 0 Å². The third kappa shape index (κ3) is 5.24. The molecule has 0 aliphatic heterocycles. The lowest BCUT2D eigenvalue weighted by atomic mass is 9.98. The number of methoxy groups -OCH3 is 2. The van der Waals surface area contributed by atoms with Crippen LogP contribution in [0.1, 0.15) is 31.2 Å². The number of aromatic hydroxyl groups is 1. The van der Waals surface area contributed by atoms with Crippen LogP contribution >= 0.6 is 0 Å². The van der Waals surface area contributed by atoms with Gasteiger partial charge in [0.2, 0.25) is 15.8 Å². The van der Waals surface area contributed by atoms with E-state index in [-0.39, 0.29) is 10.5 Å². The third-order valence-corrected chi connectivity index (χ3v) is 8.29. The number of sulfone groups is 1. The van der Waals surface area contributed by atoms with Gasteiger partial charge in [-0.2, -0.15) is 4.39 Å². The van der Waals surface area contributed by atoms with Crippen LogP contribution in [-0.4, -0.2) is 37.7 Å². The minimum absolute atomic E-state index is 0.126. The van der Waals surface area contributed by atoms with Crippen molar-refractivity contribution in [3.05, 3.63) is 82.3 Å². The van der Waals surface area contributed by atoms with Crippen molar-refractivity contribution in [3.63, 3.8) is 0 Å². The summed E-state index contributed by atoms with van der Waals surface area (Å²) in [6.45, 7) is 3.63. The van der Waals surface area contributed by atoms with Gasteiger partial charge < -0.3 is 19.6 Å². The minimum atomic E-state index is -4.47. The number of nitrogens with one attached hydrogen (secondary N) is 1. The van der Waals surface area contributed by atoms with Crippen LogP contribution in [-0.2, 0) is 16.3 Å². The Morgan fingerprint density at radius 1 is 0.974 bits per heavy atom. The number of ether oxygens (including phenoxy) is 2. The fourth-order valence-electron chi connectivity index (χ4n) is 4.54. The zero-order valence-corrected chi connectivity index (χ0v) is 22.9. The Morgan fingerprint density at radius 3 is 2.18 bits per heavy atom. The van der Waals surface area contributed by atoms with Gasteiger partial charge in [-0.05, 0) is 61.7 Å². The maximum atomic E-state index is 13.7. The molecule has 0 amide bonds. The standard InChI is InChI=1S/C29H29FN2O6S/c1-5-6-8-21-25(26-22(37-3)9-7-10-23(26)38-4)27(33)28(29(34)32-21)39(35,36)19-13-11-18(12-14-19)20-15-16-24(30)31-17(20)2/h7,9-16H,5-6,8H2,1-4H3,(H2,32,33,34). The van der Waals surface area contributed by atoms with Gasteiger partial charge in [0.15, 0.2) is 4.90 Å². The number of benzene rings is 2. The number of pyridine rings is 2. The summed E-state index contributed by atoms with van der Waals surface area (Å²) in [5.41, 5.74) is 1.58. The van der Waals surface area contributed by atoms with E-state index in [1.807, 2.05) is 6.92 Å². The van der Waals surface area contributed by atoms with Gasteiger partial charge in [0.05, 0.1) is 30.2 Å². The minimum Gasteiger partial charge on any atom is -0.506 e. The van der Waals surface area contributed by atoms with Crippen molar-refractivity contribution in [2.45, 2.75) is 42.9 Å². The number of hydrogen-bond donors (Lipinski definition) is 2. The lowest BCUT2D eigenvalue weighted by molar-refractivity contribution is 0.395. The van der Waals surface area contributed by atoms with Crippen molar-refractivity contribution in [1.82, 2.24) is 9.97 Å². The molecule has 0 fully saturated rings. The van der Waals surface area contributed by atoms with Gasteiger partial charge in [-0.3, -0.25) is 4.79 Å². The Balaban J connectivity index is 1.92. The molecule has 8 nitrogen and oxygen atoms in total. The van der Waals surface area contributed by atoms with Gasteiger partial charge in [0, 0.05) is 17.0 Å². The lowest BCUT2D eigenvalue weighted by Crippen LogP contribution is -2.21. The van der Waals surface area contributed by atoms with Gasteiger partial charge in [0.1, 0.15) is 17.2 Å². The van der Waals surface area contributed by atoms with Crippen LogP contribution in [0.3, 0.4) is 0 Å². The van der Waals surface area contributed by atoms with E-state index in [1.54, 1.807) is 43.3 Å². The highest BCUT2D eigenvalue weighted by Crippen LogP contribution is 2.46. The van der Waals surface area contributed by atoms with Crippen molar-refractivity contribution in [2.75, 3.05) is 14.2 Å². The molecule has 2 aromatic carbocycles. The molecule has 39 heavy (non-hydrogen) atoms. The van der Waals surface area contributed by atoms with E-state index in [0.29, 0.717) is 52.4 Å². The number of aryl methyl sites for hydroxylation is 2. The Morgan fingerprint density at radius 2 is 1.62 bits per heavy atom. The second kappa shape index (κ2) is 11.3. The molecule has 204 valence electrons. The van der Waals surface area contributed by atoms with Crippen LogP contribution < -0.4 is 15.0 Å². The van der Waals surface area contributed by atoms with E-state index < -0.39 is 32.0 Å². The number of aromatic amines is 1. The molecule has 2 heterocycles. The number of unbranched alkanes of at least 4 members (excludes halogenated alkanes) is 1. The highest BCUT2D eigenvalue weighted by atomic mass is 32.2. The fraction of sp³-hybridized carbons (Fsp3) is 0.241. The first-order valence-electron chi connectivity index (χ1n) is 12.3. The largest absolute Gasteiger partial charge is 0.506 e. The highest BCUT2D eigenvalue weighted by molar-refractivity contribution is 7.91. The predicted octanol–water partition coefficient (Wildman–Crippen LogP) is 5.45. The molecule has 0 bridgehead atoms. The van der Waals surface area contributed by atoms with E-state index in [2.05, 4.69) is 9.97 Å². The zero-order chi connectivity index (χ0) is 28.3. The number of rotatable bonds is 9. The van der Waals surface area contributed by atoms with Crippen molar-refractivity contribution < 1.29 is 27.4 Å². The molecule has 0 aliphatic carbocycles. The summed E-state index contributed by atoms with van der Waals surface area (Å²) in [7, 11) is -1.58. The van der Waals surface area contributed by atoms with Crippen molar-refractivity contribution >= 4 is 9.84 Å². The Kier molecular flexibility index (Phi) is 8.06. The monoisotopic (exact) mass is 552 g/mol. The first-order chi connectivity index (χ1) is 18.6. The molecule has 0 radical (unpaired) electrons. The third-order valence-electron chi connectivity index (χ3n) is 6.48. The molecular weight excluding hydrogens is 523 g/mol. The smallest absolute Gasteiger partial charge is 0.271 e. The second-order valence-corrected chi connectivity index (χ2v) is 10.8. The first kappa shape index (κ1) is 27.8. The Labute approximate surface area is 226 Å². The molecule has 2 N–H and O–H groups in total. The van der Waals surface area contributed by atoms with Crippen LogP contribution in [0.15, 0.2) is 69.2 Å². The summed E-state index contributed by atoms with van der Waals surface area (Å²) in [5.74, 6) is -0.624. The van der Waals surface area contributed by atoms with Gasteiger partial charge in [0.25, 0.3) is 5.56 Å². The zero-order valence-electron chi connectivity index (χ0n) is 22.0. The van der Waals surface area contributed by atoms with E-state index in [1.165, 1.54) is 32.4 Å². The van der Waals surface area contributed by atoms with Crippen LogP contribution in [0.4, 0.5) is 4.39 Å². The molecular formula is C29H29FN2O6S. The molecule has 0 saturated heterocycles. The topological polar surface area (TPSA) is 119 Å². The van der Waals surface area contributed by atoms with E-state index in [4.69, 9.17) is 9.47 Å².